The molecule has 0 saturated heterocycles. The van der Waals surface area contributed by atoms with Crippen LogP contribution < -0.4 is 0 Å². The predicted molar refractivity (Wildman–Crippen MR) is 63.7 cm³/mol. The van der Waals surface area contributed by atoms with Gasteiger partial charge in [0.25, 0.3) is 0 Å². The van der Waals surface area contributed by atoms with Gasteiger partial charge in [-0.05, 0) is 37.0 Å². The topological polar surface area (TPSA) is 60.8 Å². The number of aliphatic carboxylic acids is 1. The number of carbonyl (C=O) groups is 1. The van der Waals surface area contributed by atoms with E-state index in [9.17, 15) is 14.3 Å². The second-order valence-corrected chi connectivity index (χ2v) is 4.78. The molecule has 1 aromatic rings. The van der Waals surface area contributed by atoms with Crippen molar-refractivity contribution in [3.05, 3.63) is 29.6 Å². The second-order valence-electron chi connectivity index (χ2n) is 4.78. The zero-order chi connectivity index (χ0) is 13.1. The number of halogens is 1. The van der Waals surface area contributed by atoms with Crippen molar-refractivity contribution in [2.45, 2.75) is 19.4 Å². The van der Waals surface area contributed by atoms with E-state index in [1.165, 1.54) is 18.2 Å². The molecule has 5 heteroatoms. The van der Waals surface area contributed by atoms with Gasteiger partial charge >= 0.3 is 5.97 Å². The van der Waals surface area contributed by atoms with Crippen LogP contribution in [0.1, 0.15) is 18.4 Å². The number of benzene rings is 1. The molecule has 1 aromatic carbocycles. The summed E-state index contributed by atoms with van der Waals surface area (Å²) in [4.78, 5) is 12.5. The first-order valence-corrected chi connectivity index (χ1v) is 5.96. The Balaban J connectivity index is 2.05. The molecule has 2 rings (SSSR count). The fourth-order valence-corrected chi connectivity index (χ4v) is 1.96. The van der Waals surface area contributed by atoms with Crippen LogP contribution in [0, 0.1) is 11.7 Å². The summed E-state index contributed by atoms with van der Waals surface area (Å²) in [6.07, 6.45) is 2.23. The predicted octanol–water partition coefficient (Wildman–Crippen LogP) is 1.83. The highest BCUT2D eigenvalue weighted by Crippen LogP contribution is 2.30. The van der Waals surface area contributed by atoms with E-state index < -0.39 is 11.8 Å². The molecular weight excluding hydrogens is 237 g/mol. The summed E-state index contributed by atoms with van der Waals surface area (Å²) in [5.41, 5.74) is 0.428. The van der Waals surface area contributed by atoms with Crippen molar-refractivity contribution in [2.24, 2.45) is 5.92 Å². The molecule has 0 aromatic heterocycles. The number of aromatic hydroxyl groups is 1. The van der Waals surface area contributed by atoms with Gasteiger partial charge in [0.05, 0.1) is 6.54 Å². The molecule has 1 fully saturated rings. The van der Waals surface area contributed by atoms with E-state index in [2.05, 4.69) is 0 Å². The van der Waals surface area contributed by atoms with Gasteiger partial charge in [0.1, 0.15) is 11.6 Å². The third kappa shape index (κ3) is 3.70. The minimum absolute atomic E-state index is 0.00239. The summed E-state index contributed by atoms with van der Waals surface area (Å²) in [5.74, 6) is -0.793. The summed E-state index contributed by atoms with van der Waals surface area (Å²) in [7, 11) is 0. The monoisotopic (exact) mass is 253 g/mol. The van der Waals surface area contributed by atoms with Crippen molar-refractivity contribution in [1.82, 2.24) is 4.90 Å². The lowest BCUT2D eigenvalue weighted by Gasteiger charge is -2.20. The van der Waals surface area contributed by atoms with Crippen LogP contribution in [-0.4, -0.2) is 34.2 Å². The molecule has 0 amide bonds. The molecular formula is C13H16FNO3. The maximum Gasteiger partial charge on any atom is 0.317 e. The van der Waals surface area contributed by atoms with Gasteiger partial charge in [-0.2, -0.15) is 0 Å². The van der Waals surface area contributed by atoms with Crippen LogP contribution in [-0.2, 0) is 11.3 Å². The summed E-state index contributed by atoms with van der Waals surface area (Å²) in [5, 5.41) is 18.5. The van der Waals surface area contributed by atoms with E-state index >= 15 is 0 Å². The Morgan fingerprint density at radius 1 is 1.44 bits per heavy atom. The average molecular weight is 253 g/mol. The van der Waals surface area contributed by atoms with Gasteiger partial charge in [0, 0.05) is 18.7 Å². The normalized spacial score (nSPS) is 15.0. The summed E-state index contributed by atoms with van der Waals surface area (Å²) >= 11 is 0. The molecule has 0 aliphatic heterocycles. The Morgan fingerprint density at radius 2 is 2.17 bits per heavy atom. The fourth-order valence-electron chi connectivity index (χ4n) is 1.96. The van der Waals surface area contributed by atoms with Crippen molar-refractivity contribution in [3.8, 4) is 5.75 Å². The second kappa shape index (κ2) is 5.35. The lowest BCUT2D eigenvalue weighted by molar-refractivity contribution is -0.138. The zero-order valence-electron chi connectivity index (χ0n) is 9.97. The average Bonchev–Trinajstić information content (AvgIpc) is 3.06. The van der Waals surface area contributed by atoms with E-state index in [0.29, 0.717) is 18.0 Å². The molecule has 18 heavy (non-hydrogen) atoms. The summed E-state index contributed by atoms with van der Waals surface area (Å²) in [6, 6.07) is 3.72. The molecule has 2 N–H and O–H groups in total. The maximum absolute atomic E-state index is 13.1. The third-order valence-electron chi connectivity index (χ3n) is 3.01. The first-order chi connectivity index (χ1) is 8.54. The smallest absolute Gasteiger partial charge is 0.317 e. The summed E-state index contributed by atoms with van der Waals surface area (Å²) < 4.78 is 13.1. The van der Waals surface area contributed by atoms with Gasteiger partial charge in [-0.15, -0.1) is 0 Å². The number of nitrogens with zero attached hydrogens (tertiary/aromatic N) is 1. The van der Waals surface area contributed by atoms with Crippen LogP contribution in [0.2, 0.25) is 0 Å². The molecule has 0 radical (unpaired) electrons. The largest absolute Gasteiger partial charge is 0.508 e. The quantitative estimate of drug-likeness (QED) is 0.812. The minimum atomic E-state index is -0.911. The molecule has 0 unspecified atom stereocenters. The molecule has 1 aliphatic rings. The Hall–Kier alpha value is -1.62. The molecule has 0 heterocycles. The number of rotatable bonds is 6. The Labute approximate surface area is 105 Å². The van der Waals surface area contributed by atoms with Crippen molar-refractivity contribution in [3.63, 3.8) is 0 Å². The molecule has 0 bridgehead atoms. The van der Waals surface area contributed by atoms with E-state index in [1.807, 2.05) is 0 Å². The lowest BCUT2D eigenvalue weighted by Crippen LogP contribution is -2.31. The number of carboxylic acids is 1. The van der Waals surface area contributed by atoms with Gasteiger partial charge in [0.15, 0.2) is 0 Å². The maximum atomic E-state index is 13.1. The van der Waals surface area contributed by atoms with Gasteiger partial charge < -0.3 is 10.2 Å². The number of hydrogen-bond acceptors (Lipinski definition) is 3. The third-order valence-corrected chi connectivity index (χ3v) is 3.01. The van der Waals surface area contributed by atoms with Gasteiger partial charge in [-0.1, -0.05) is 0 Å². The highest BCUT2D eigenvalue weighted by molar-refractivity contribution is 5.69. The first kappa shape index (κ1) is 12.8. The minimum Gasteiger partial charge on any atom is -0.508 e. The molecule has 4 nitrogen and oxygen atoms in total. The number of hydrogen-bond donors (Lipinski definition) is 2. The van der Waals surface area contributed by atoms with Crippen molar-refractivity contribution in [2.75, 3.05) is 13.1 Å². The van der Waals surface area contributed by atoms with E-state index in [-0.39, 0.29) is 18.8 Å². The van der Waals surface area contributed by atoms with Crippen LogP contribution in [0.5, 0.6) is 5.75 Å². The highest BCUT2D eigenvalue weighted by atomic mass is 19.1. The van der Waals surface area contributed by atoms with E-state index in [0.717, 1.165) is 12.8 Å². The van der Waals surface area contributed by atoms with Crippen LogP contribution in [0.15, 0.2) is 18.2 Å². The van der Waals surface area contributed by atoms with Crippen LogP contribution >= 0.6 is 0 Å². The van der Waals surface area contributed by atoms with Crippen LogP contribution in [0.25, 0.3) is 0 Å². The van der Waals surface area contributed by atoms with Crippen LogP contribution in [0.3, 0.4) is 0 Å². The fraction of sp³-hybridized carbons (Fsp3) is 0.462. The Morgan fingerprint density at radius 3 is 2.78 bits per heavy atom. The number of carboxylic acid groups (broad SMARTS) is 1. The van der Waals surface area contributed by atoms with Crippen molar-refractivity contribution in [1.29, 1.82) is 0 Å². The zero-order valence-corrected chi connectivity index (χ0v) is 9.97. The van der Waals surface area contributed by atoms with Crippen molar-refractivity contribution < 1.29 is 19.4 Å². The van der Waals surface area contributed by atoms with Gasteiger partial charge in [-0.3, -0.25) is 9.69 Å². The molecule has 0 atom stereocenters. The van der Waals surface area contributed by atoms with Gasteiger partial charge in [-0.25, -0.2) is 4.39 Å². The van der Waals surface area contributed by atoms with Crippen LogP contribution in [0.4, 0.5) is 4.39 Å². The standard InChI is InChI=1S/C13H16FNO3/c14-11-3-4-12(16)10(5-11)7-15(8-13(17)18)6-9-1-2-9/h3-5,9,16H,1-2,6-8H2,(H,17,18). The van der Waals surface area contributed by atoms with E-state index in [1.54, 1.807) is 4.90 Å². The van der Waals surface area contributed by atoms with Crippen molar-refractivity contribution >= 4 is 5.97 Å². The lowest BCUT2D eigenvalue weighted by atomic mass is 10.1. The Bertz CT molecular complexity index is 446. The van der Waals surface area contributed by atoms with Gasteiger partial charge in [0.2, 0.25) is 0 Å². The Kier molecular flexibility index (Phi) is 3.81. The molecule has 1 saturated carbocycles. The number of phenols is 1. The first-order valence-electron chi connectivity index (χ1n) is 5.96. The SMILES string of the molecule is O=C(O)CN(Cc1cc(F)ccc1O)CC1CC1. The molecule has 98 valence electrons. The molecule has 0 spiro atoms. The molecule has 1 aliphatic carbocycles. The number of phenolic OH excluding ortho intramolecular Hbond substituents is 1. The van der Waals surface area contributed by atoms with E-state index in [4.69, 9.17) is 5.11 Å². The highest BCUT2D eigenvalue weighted by Gasteiger charge is 2.25. The summed E-state index contributed by atoms with van der Waals surface area (Å²) in [6.45, 7) is 0.848.